The SMILES string of the molecule is CCc1c(N)n2nc(C)cc2[nH]c1=O. The molecule has 0 fully saturated rings. The summed E-state index contributed by atoms with van der Waals surface area (Å²) in [4.78, 5) is 14.3. The van der Waals surface area contributed by atoms with E-state index in [2.05, 4.69) is 10.1 Å². The molecule has 0 saturated carbocycles. The highest BCUT2D eigenvalue weighted by Crippen LogP contribution is 2.10. The Hall–Kier alpha value is -1.78. The number of aryl methyl sites for hydroxylation is 1. The van der Waals surface area contributed by atoms with Crippen molar-refractivity contribution in [2.75, 3.05) is 5.73 Å². The first kappa shape index (κ1) is 8.80. The van der Waals surface area contributed by atoms with Gasteiger partial charge in [-0.3, -0.25) is 4.79 Å². The lowest BCUT2D eigenvalue weighted by molar-refractivity contribution is 0.896. The maximum absolute atomic E-state index is 11.5. The Morgan fingerprint density at radius 1 is 1.64 bits per heavy atom. The lowest BCUT2D eigenvalue weighted by Crippen LogP contribution is -2.18. The minimum absolute atomic E-state index is 0.127. The van der Waals surface area contributed by atoms with Crippen LogP contribution in [0, 0.1) is 6.92 Å². The number of nitrogen functional groups attached to an aromatic ring is 1. The molecule has 0 atom stereocenters. The summed E-state index contributed by atoms with van der Waals surface area (Å²) in [5, 5.41) is 4.18. The second-order valence-corrected chi connectivity index (χ2v) is 3.25. The average molecular weight is 192 g/mol. The highest BCUT2D eigenvalue weighted by molar-refractivity contribution is 5.50. The quantitative estimate of drug-likeness (QED) is 0.689. The summed E-state index contributed by atoms with van der Waals surface area (Å²) in [6.07, 6.45) is 0.607. The molecular formula is C9H12N4O. The van der Waals surface area contributed by atoms with E-state index in [0.717, 1.165) is 5.69 Å². The summed E-state index contributed by atoms with van der Waals surface area (Å²) in [6.45, 7) is 3.75. The number of aromatic nitrogens is 3. The van der Waals surface area contributed by atoms with Crippen LogP contribution in [0.3, 0.4) is 0 Å². The van der Waals surface area contributed by atoms with Crippen LogP contribution in [0.1, 0.15) is 18.2 Å². The molecule has 5 heteroatoms. The summed E-state index contributed by atoms with van der Waals surface area (Å²) in [6, 6.07) is 1.79. The van der Waals surface area contributed by atoms with Gasteiger partial charge in [-0.2, -0.15) is 5.10 Å². The number of nitrogens with one attached hydrogen (secondary N) is 1. The van der Waals surface area contributed by atoms with Crippen molar-refractivity contribution in [3.8, 4) is 0 Å². The van der Waals surface area contributed by atoms with Gasteiger partial charge in [0.05, 0.1) is 11.3 Å². The van der Waals surface area contributed by atoms with Gasteiger partial charge in [0, 0.05) is 6.07 Å². The number of nitrogens with two attached hydrogens (primary N) is 1. The fourth-order valence-electron chi connectivity index (χ4n) is 1.55. The molecule has 2 aromatic rings. The molecule has 0 unspecified atom stereocenters. The Labute approximate surface area is 80.6 Å². The van der Waals surface area contributed by atoms with Crippen molar-refractivity contribution in [2.45, 2.75) is 20.3 Å². The number of fused-ring (bicyclic) bond motifs is 1. The van der Waals surface area contributed by atoms with Crippen LogP contribution < -0.4 is 11.3 Å². The molecule has 74 valence electrons. The molecule has 2 heterocycles. The largest absolute Gasteiger partial charge is 0.383 e. The molecule has 14 heavy (non-hydrogen) atoms. The molecule has 2 aromatic heterocycles. The van der Waals surface area contributed by atoms with Crippen LogP contribution in [0.25, 0.3) is 5.65 Å². The molecule has 3 N–H and O–H groups in total. The normalized spacial score (nSPS) is 11.0. The molecule has 0 aliphatic rings. The monoisotopic (exact) mass is 192 g/mol. The van der Waals surface area contributed by atoms with E-state index in [4.69, 9.17) is 5.73 Å². The summed E-state index contributed by atoms with van der Waals surface area (Å²) in [5.74, 6) is 0.430. The Morgan fingerprint density at radius 2 is 2.36 bits per heavy atom. The minimum Gasteiger partial charge on any atom is -0.383 e. The number of aromatic amines is 1. The van der Waals surface area contributed by atoms with Gasteiger partial charge in [-0.05, 0) is 13.3 Å². The molecule has 0 aromatic carbocycles. The maximum atomic E-state index is 11.5. The smallest absolute Gasteiger partial charge is 0.256 e. The standard InChI is InChI=1S/C9H12N4O/c1-3-6-8(10)13-7(11-9(6)14)4-5(2)12-13/h4H,3,10H2,1-2H3,(H,11,14). The zero-order valence-electron chi connectivity index (χ0n) is 8.16. The second-order valence-electron chi connectivity index (χ2n) is 3.25. The van der Waals surface area contributed by atoms with Crippen LogP contribution in [0.4, 0.5) is 5.82 Å². The van der Waals surface area contributed by atoms with Gasteiger partial charge in [0.2, 0.25) is 0 Å². The van der Waals surface area contributed by atoms with E-state index < -0.39 is 0 Å². The van der Waals surface area contributed by atoms with Gasteiger partial charge in [-0.15, -0.1) is 0 Å². The first-order chi connectivity index (χ1) is 6.63. The predicted molar refractivity (Wildman–Crippen MR) is 54.3 cm³/mol. The first-order valence-corrected chi connectivity index (χ1v) is 4.50. The molecule has 5 nitrogen and oxygen atoms in total. The zero-order valence-corrected chi connectivity index (χ0v) is 8.16. The van der Waals surface area contributed by atoms with Gasteiger partial charge in [-0.25, -0.2) is 4.52 Å². The molecular weight excluding hydrogens is 180 g/mol. The number of anilines is 1. The van der Waals surface area contributed by atoms with E-state index in [0.29, 0.717) is 23.4 Å². The van der Waals surface area contributed by atoms with Gasteiger partial charge >= 0.3 is 0 Å². The Kier molecular flexibility index (Phi) is 1.80. The van der Waals surface area contributed by atoms with Crippen molar-refractivity contribution in [2.24, 2.45) is 0 Å². The van der Waals surface area contributed by atoms with Crippen LogP contribution in [0.5, 0.6) is 0 Å². The number of hydrogen-bond acceptors (Lipinski definition) is 3. The van der Waals surface area contributed by atoms with Crippen molar-refractivity contribution in [1.82, 2.24) is 14.6 Å². The van der Waals surface area contributed by atoms with Crippen molar-refractivity contribution in [3.05, 3.63) is 27.7 Å². The van der Waals surface area contributed by atoms with Crippen molar-refractivity contribution in [1.29, 1.82) is 0 Å². The molecule has 0 aliphatic heterocycles. The molecule has 0 aliphatic carbocycles. The summed E-state index contributed by atoms with van der Waals surface area (Å²) in [5.41, 5.74) is 7.76. The van der Waals surface area contributed by atoms with Crippen molar-refractivity contribution in [3.63, 3.8) is 0 Å². The summed E-state index contributed by atoms with van der Waals surface area (Å²) < 4.78 is 1.57. The topological polar surface area (TPSA) is 76.2 Å². The minimum atomic E-state index is -0.127. The lowest BCUT2D eigenvalue weighted by Gasteiger charge is -2.03. The van der Waals surface area contributed by atoms with E-state index in [1.165, 1.54) is 0 Å². The van der Waals surface area contributed by atoms with Crippen molar-refractivity contribution >= 4 is 11.5 Å². The fraction of sp³-hybridized carbons (Fsp3) is 0.333. The van der Waals surface area contributed by atoms with E-state index >= 15 is 0 Å². The van der Waals surface area contributed by atoms with Crippen molar-refractivity contribution < 1.29 is 0 Å². The molecule has 0 radical (unpaired) electrons. The molecule has 0 saturated heterocycles. The second kappa shape index (κ2) is 2.87. The van der Waals surface area contributed by atoms with Crippen LogP contribution in [0.15, 0.2) is 10.9 Å². The van der Waals surface area contributed by atoms with Crippen LogP contribution in [-0.2, 0) is 6.42 Å². The van der Waals surface area contributed by atoms with E-state index in [1.54, 1.807) is 10.6 Å². The third-order valence-electron chi connectivity index (χ3n) is 2.24. The van der Waals surface area contributed by atoms with Gasteiger partial charge < -0.3 is 10.7 Å². The van der Waals surface area contributed by atoms with Gasteiger partial charge in [0.1, 0.15) is 11.5 Å². The van der Waals surface area contributed by atoms with Gasteiger partial charge in [0.15, 0.2) is 0 Å². The highest BCUT2D eigenvalue weighted by Gasteiger charge is 2.09. The van der Waals surface area contributed by atoms with E-state index in [1.807, 2.05) is 13.8 Å². The van der Waals surface area contributed by atoms with Gasteiger partial charge in [-0.1, -0.05) is 6.92 Å². The summed E-state index contributed by atoms with van der Waals surface area (Å²) in [7, 11) is 0. The summed E-state index contributed by atoms with van der Waals surface area (Å²) >= 11 is 0. The number of rotatable bonds is 1. The van der Waals surface area contributed by atoms with Crippen LogP contribution in [-0.4, -0.2) is 14.6 Å². The van der Waals surface area contributed by atoms with Crippen LogP contribution >= 0.6 is 0 Å². The Morgan fingerprint density at radius 3 is 3.00 bits per heavy atom. The number of nitrogens with zero attached hydrogens (tertiary/aromatic N) is 2. The van der Waals surface area contributed by atoms with Gasteiger partial charge in [0.25, 0.3) is 5.56 Å². The molecule has 2 rings (SSSR count). The van der Waals surface area contributed by atoms with E-state index in [9.17, 15) is 4.79 Å². The zero-order chi connectivity index (χ0) is 10.3. The molecule has 0 spiro atoms. The lowest BCUT2D eigenvalue weighted by atomic mass is 10.2. The molecule has 0 bridgehead atoms. The number of hydrogen-bond donors (Lipinski definition) is 2. The number of H-pyrrole nitrogens is 1. The third kappa shape index (κ3) is 1.09. The molecule has 0 amide bonds. The maximum Gasteiger partial charge on any atom is 0.256 e. The predicted octanol–water partition coefficient (Wildman–Crippen LogP) is 0.476. The Bertz CT molecular complexity index is 537. The fourth-order valence-corrected chi connectivity index (χ4v) is 1.55. The van der Waals surface area contributed by atoms with E-state index in [-0.39, 0.29) is 5.56 Å². The third-order valence-corrected chi connectivity index (χ3v) is 2.24. The Balaban J connectivity index is 2.92. The average Bonchev–Trinajstić information content (AvgIpc) is 2.47. The highest BCUT2D eigenvalue weighted by atomic mass is 16.1. The first-order valence-electron chi connectivity index (χ1n) is 4.50. The van der Waals surface area contributed by atoms with Crippen LogP contribution in [0.2, 0.25) is 0 Å².